The van der Waals surface area contributed by atoms with Gasteiger partial charge in [0.25, 0.3) is 0 Å². The van der Waals surface area contributed by atoms with Crippen LogP contribution in [0.4, 0.5) is 0 Å². The number of thiophene rings is 1. The second-order valence-electron chi connectivity index (χ2n) is 6.22. The molecular weight excluding hydrogens is 442 g/mol. The number of benzene rings is 1. The highest BCUT2D eigenvalue weighted by Crippen LogP contribution is 2.41. The minimum absolute atomic E-state index is 0.0281. The van der Waals surface area contributed by atoms with Gasteiger partial charge in [-0.25, -0.2) is 9.59 Å². The van der Waals surface area contributed by atoms with Gasteiger partial charge in [0.05, 0.1) is 36.4 Å². The zero-order valence-corrected chi connectivity index (χ0v) is 18.0. The van der Waals surface area contributed by atoms with Crippen LogP contribution < -0.4 is 5.73 Å². The minimum atomic E-state index is -1.52. The summed E-state index contributed by atoms with van der Waals surface area (Å²) in [6.45, 7) is 0. The number of esters is 2. The molecule has 0 saturated heterocycles. The molecular formula is C21H16ClN3O5S. The Morgan fingerprint density at radius 3 is 2.26 bits per heavy atom. The number of hydrogen-bond donors (Lipinski definition) is 1. The molecule has 2 heterocycles. The Morgan fingerprint density at radius 2 is 1.77 bits per heavy atom. The summed E-state index contributed by atoms with van der Waals surface area (Å²) in [7, 11) is 2.28. The average Bonchev–Trinajstić information content (AvgIpc) is 3.40. The van der Waals surface area contributed by atoms with Gasteiger partial charge in [-0.15, -0.1) is 11.3 Å². The van der Waals surface area contributed by atoms with Crippen molar-refractivity contribution in [1.29, 1.82) is 5.26 Å². The van der Waals surface area contributed by atoms with Gasteiger partial charge in [0.2, 0.25) is 5.91 Å². The fourth-order valence-electron chi connectivity index (χ4n) is 3.24. The monoisotopic (exact) mass is 457 g/mol. The van der Waals surface area contributed by atoms with Crippen molar-refractivity contribution in [3.05, 3.63) is 63.6 Å². The number of ether oxygens (including phenoxy) is 2. The van der Waals surface area contributed by atoms with E-state index >= 15 is 0 Å². The molecule has 3 aromatic rings. The predicted molar refractivity (Wildman–Crippen MR) is 114 cm³/mol. The van der Waals surface area contributed by atoms with Crippen LogP contribution in [0.25, 0.3) is 16.3 Å². The number of carbonyl (C=O) groups excluding carboxylic acids is 3. The molecule has 0 radical (unpaired) electrons. The van der Waals surface area contributed by atoms with E-state index in [-0.39, 0.29) is 22.5 Å². The number of nitriles is 1. The number of primary amides is 1. The third kappa shape index (κ3) is 3.91. The van der Waals surface area contributed by atoms with Gasteiger partial charge in [-0.05, 0) is 35.7 Å². The van der Waals surface area contributed by atoms with Crippen molar-refractivity contribution < 1.29 is 23.9 Å². The maximum atomic E-state index is 12.9. The Kier molecular flexibility index (Phi) is 6.44. The van der Waals surface area contributed by atoms with Gasteiger partial charge in [0, 0.05) is 16.3 Å². The summed E-state index contributed by atoms with van der Waals surface area (Å²) in [5.41, 5.74) is 5.72. The van der Waals surface area contributed by atoms with E-state index in [4.69, 9.17) is 26.8 Å². The zero-order valence-electron chi connectivity index (χ0n) is 16.4. The Balaban J connectivity index is 2.60. The van der Waals surface area contributed by atoms with E-state index in [1.807, 2.05) is 6.07 Å². The van der Waals surface area contributed by atoms with Crippen LogP contribution in [-0.4, -0.2) is 36.6 Å². The quantitative estimate of drug-likeness (QED) is 0.564. The molecule has 3 rings (SSSR count). The van der Waals surface area contributed by atoms with Crippen LogP contribution in [0.3, 0.4) is 0 Å². The first-order chi connectivity index (χ1) is 14.8. The van der Waals surface area contributed by atoms with Crippen molar-refractivity contribution in [2.24, 2.45) is 5.73 Å². The number of methoxy groups -OCH3 is 2. The molecule has 0 bridgehead atoms. The highest BCUT2D eigenvalue weighted by atomic mass is 35.5. The van der Waals surface area contributed by atoms with E-state index in [1.165, 1.54) is 15.9 Å². The van der Waals surface area contributed by atoms with Crippen LogP contribution in [0.15, 0.2) is 41.8 Å². The van der Waals surface area contributed by atoms with Crippen LogP contribution in [0.5, 0.6) is 0 Å². The van der Waals surface area contributed by atoms with Crippen LogP contribution >= 0.6 is 22.9 Å². The fraction of sp³-hybridized carbons (Fsp3) is 0.143. The third-order valence-corrected chi connectivity index (χ3v) is 5.65. The van der Waals surface area contributed by atoms with Crippen molar-refractivity contribution in [2.75, 3.05) is 14.2 Å². The Morgan fingerprint density at radius 1 is 1.13 bits per heavy atom. The predicted octanol–water partition coefficient (Wildman–Crippen LogP) is 3.52. The van der Waals surface area contributed by atoms with E-state index in [0.29, 0.717) is 15.6 Å². The SMILES string of the molecule is COC(=O)c1c(C(C#N)C(N)=O)c(-c2cccs2)n(-c2ccc(Cl)cc2)c1C(=O)OC. The lowest BCUT2D eigenvalue weighted by atomic mass is 9.94. The minimum Gasteiger partial charge on any atom is -0.465 e. The van der Waals surface area contributed by atoms with Crippen molar-refractivity contribution >= 4 is 40.8 Å². The van der Waals surface area contributed by atoms with Gasteiger partial charge in [0.1, 0.15) is 5.69 Å². The number of carbonyl (C=O) groups is 3. The molecule has 2 aromatic heterocycles. The number of halogens is 1. The third-order valence-electron chi connectivity index (χ3n) is 4.52. The Bertz CT molecular complexity index is 1190. The number of nitrogens with two attached hydrogens (primary N) is 1. The maximum Gasteiger partial charge on any atom is 0.355 e. The lowest BCUT2D eigenvalue weighted by Gasteiger charge is -2.13. The summed E-state index contributed by atoms with van der Waals surface area (Å²) in [5, 5.41) is 11.9. The summed E-state index contributed by atoms with van der Waals surface area (Å²) < 4.78 is 11.3. The van der Waals surface area contributed by atoms with Gasteiger partial charge in [-0.3, -0.25) is 4.79 Å². The van der Waals surface area contributed by atoms with Gasteiger partial charge in [-0.2, -0.15) is 5.26 Å². The highest BCUT2D eigenvalue weighted by molar-refractivity contribution is 7.13. The molecule has 0 aliphatic rings. The number of rotatable bonds is 6. The second kappa shape index (κ2) is 9.04. The standard InChI is InChI=1S/C21H16ClN3O5S/c1-29-20(27)16-15(13(10-23)19(24)26)17(14-4-3-9-31-14)25(18(16)21(28)30-2)12-7-5-11(22)6-8-12/h3-9,13H,1-2H3,(H2,24,26). The Hall–Kier alpha value is -3.61. The molecule has 10 heteroatoms. The molecule has 2 N–H and O–H groups in total. The second-order valence-corrected chi connectivity index (χ2v) is 7.61. The number of amides is 1. The number of hydrogen-bond acceptors (Lipinski definition) is 7. The zero-order chi connectivity index (χ0) is 22.7. The molecule has 0 saturated carbocycles. The van der Waals surface area contributed by atoms with E-state index < -0.39 is 23.8 Å². The molecule has 0 spiro atoms. The molecule has 1 amide bonds. The molecule has 0 fully saturated rings. The molecule has 0 aliphatic heterocycles. The fourth-order valence-corrected chi connectivity index (χ4v) is 4.14. The van der Waals surface area contributed by atoms with Gasteiger partial charge in [0.15, 0.2) is 5.92 Å². The van der Waals surface area contributed by atoms with E-state index in [2.05, 4.69) is 0 Å². The van der Waals surface area contributed by atoms with Crippen LogP contribution in [-0.2, 0) is 14.3 Å². The molecule has 0 aliphatic carbocycles. The van der Waals surface area contributed by atoms with Crippen molar-refractivity contribution in [1.82, 2.24) is 4.57 Å². The summed E-state index contributed by atoms with van der Waals surface area (Å²) in [5.74, 6) is -4.28. The van der Waals surface area contributed by atoms with Crippen LogP contribution in [0.2, 0.25) is 5.02 Å². The molecule has 158 valence electrons. The number of nitrogens with zero attached hydrogens (tertiary/aromatic N) is 2. The lowest BCUT2D eigenvalue weighted by Crippen LogP contribution is -2.23. The summed E-state index contributed by atoms with van der Waals surface area (Å²) in [6, 6.07) is 11.8. The normalized spacial score (nSPS) is 11.4. The summed E-state index contributed by atoms with van der Waals surface area (Å²) in [6.07, 6.45) is 0. The molecule has 1 unspecified atom stereocenters. The van der Waals surface area contributed by atoms with E-state index in [0.717, 1.165) is 14.2 Å². The first-order valence-corrected chi connectivity index (χ1v) is 10.0. The summed E-state index contributed by atoms with van der Waals surface area (Å²) in [4.78, 5) is 38.4. The highest BCUT2D eigenvalue weighted by Gasteiger charge is 2.39. The summed E-state index contributed by atoms with van der Waals surface area (Å²) >= 11 is 7.30. The van der Waals surface area contributed by atoms with Gasteiger partial charge in [-0.1, -0.05) is 17.7 Å². The van der Waals surface area contributed by atoms with Crippen molar-refractivity contribution in [3.63, 3.8) is 0 Å². The van der Waals surface area contributed by atoms with E-state index in [9.17, 15) is 19.6 Å². The Labute approximate surface area is 186 Å². The first-order valence-electron chi connectivity index (χ1n) is 8.79. The molecule has 1 aromatic carbocycles. The average molecular weight is 458 g/mol. The molecule has 8 nitrogen and oxygen atoms in total. The molecule has 31 heavy (non-hydrogen) atoms. The smallest absolute Gasteiger partial charge is 0.355 e. The van der Waals surface area contributed by atoms with Crippen LogP contribution in [0, 0.1) is 11.3 Å². The first kappa shape index (κ1) is 22.1. The maximum absolute atomic E-state index is 12.9. The van der Waals surface area contributed by atoms with Crippen molar-refractivity contribution in [2.45, 2.75) is 5.92 Å². The molecule has 1 atom stereocenters. The lowest BCUT2D eigenvalue weighted by molar-refractivity contribution is -0.118. The topological polar surface area (TPSA) is 124 Å². The largest absolute Gasteiger partial charge is 0.465 e. The van der Waals surface area contributed by atoms with Crippen LogP contribution in [0.1, 0.15) is 32.3 Å². The van der Waals surface area contributed by atoms with Gasteiger partial charge >= 0.3 is 11.9 Å². The number of aromatic nitrogens is 1. The van der Waals surface area contributed by atoms with Gasteiger partial charge < -0.3 is 19.8 Å². The van der Waals surface area contributed by atoms with E-state index in [1.54, 1.807) is 41.8 Å². The van der Waals surface area contributed by atoms with Crippen molar-refractivity contribution in [3.8, 4) is 22.3 Å².